The monoisotopic (exact) mass is 482 g/mol. The van der Waals surface area contributed by atoms with E-state index in [1.807, 2.05) is 31.2 Å². The quantitative estimate of drug-likeness (QED) is 0.403. The van der Waals surface area contributed by atoms with Gasteiger partial charge in [-0.25, -0.2) is 8.42 Å². The predicted molar refractivity (Wildman–Crippen MR) is 134 cm³/mol. The SMILES string of the molecule is CCOc1ccc(NS(=O)(=O)c2ccc(NC(=O)[C@H](C)Oc3ccccc3C(C)C)cc2)cc1. The molecule has 0 aliphatic rings. The number of para-hydroxylation sites is 1. The summed E-state index contributed by atoms with van der Waals surface area (Å²) in [5, 5.41) is 2.76. The summed E-state index contributed by atoms with van der Waals surface area (Å²) < 4.78 is 39.2. The maximum Gasteiger partial charge on any atom is 0.265 e. The van der Waals surface area contributed by atoms with E-state index in [0.29, 0.717) is 29.5 Å². The molecule has 0 fully saturated rings. The number of amides is 1. The zero-order valence-corrected chi connectivity index (χ0v) is 20.6. The lowest BCUT2D eigenvalue weighted by atomic mass is 10.0. The van der Waals surface area contributed by atoms with Crippen molar-refractivity contribution in [1.29, 1.82) is 0 Å². The molecular formula is C26H30N2O5S. The highest BCUT2D eigenvalue weighted by atomic mass is 32.2. The highest BCUT2D eigenvalue weighted by Gasteiger charge is 2.19. The molecule has 1 amide bonds. The molecule has 34 heavy (non-hydrogen) atoms. The van der Waals surface area contributed by atoms with E-state index in [9.17, 15) is 13.2 Å². The molecule has 180 valence electrons. The Labute approximate surface area is 201 Å². The van der Waals surface area contributed by atoms with Gasteiger partial charge < -0.3 is 14.8 Å². The predicted octanol–water partition coefficient (Wildman–Crippen LogP) is 5.42. The topological polar surface area (TPSA) is 93.7 Å². The largest absolute Gasteiger partial charge is 0.494 e. The lowest BCUT2D eigenvalue weighted by molar-refractivity contribution is -0.122. The number of anilines is 2. The van der Waals surface area contributed by atoms with E-state index in [4.69, 9.17) is 9.47 Å². The third-order valence-corrected chi connectivity index (χ3v) is 6.46. The van der Waals surface area contributed by atoms with E-state index in [1.165, 1.54) is 12.1 Å². The van der Waals surface area contributed by atoms with Crippen molar-refractivity contribution >= 4 is 27.3 Å². The molecular weight excluding hydrogens is 452 g/mol. The molecule has 8 heteroatoms. The van der Waals surface area contributed by atoms with E-state index >= 15 is 0 Å². The zero-order valence-electron chi connectivity index (χ0n) is 19.7. The molecule has 0 aliphatic carbocycles. The summed E-state index contributed by atoms with van der Waals surface area (Å²) in [7, 11) is -3.78. The van der Waals surface area contributed by atoms with Gasteiger partial charge in [-0.05, 0) is 79.9 Å². The number of benzene rings is 3. The van der Waals surface area contributed by atoms with Crippen molar-refractivity contribution in [2.24, 2.45) is 0 Å². The summed E-state index contributed by atoms with van der Waals surface area (Å²) in [6, 6.07) is 20.2. The van der Waals surface area contributed by atoms with E-state index < -0.39 is 16.1 Å². The number of carbonyl (C=O) groups excluding carboxylic acids is 1. The summed E-state index contributed by atoms with van der Waals surface area (Å²) >= 11 is 0. The molecule has 7 nitrogen and oxygen atoms in total. The van der Waals surface area contributed by atoms with Crippen LogP contribution in [0.1, 0.15) is 39.2 Å². The van der Waals surface area contributed by atoms with Crippen LogP contribution in [0.3, 0.4) is 0 Å². The normalized spacial score (nSPS) is 12.1. The lowest BCUT2D eigenvalue weighted by Crippen LogP contribution is -2.30. The molecule has 0 spiro atoms. The first-order chi connectivity index (χ1) is 16.2. The number of carbonyl (C=O) groups is 1. The summed E-state index contributed by atoms with van der Waals surface area (Å²) in [5.74, 6) is 1.26. The maximum atomic E-state index is 12.7. The number of nitrogens with one attached hydrogen (secondary N) is 2. The van der Waals surface area contributed by atoms with Crippen molar-refractivity contribution in [3.05, 3.63) is 78.4 Å². The fourth-order valence-electron chi connectivity index (χ4n) is 3.27. The lowest BCUT2D eigenvalue weighted by Gasteiger charge is -2.18. The van der Waals surface area contributed by atoms with Crippen molar-refractivity contribution < 1.29 is 22.7 Å². The van der Waals surface area contributed by atoms with Crippen LogP contribution in [0.2, 0.25) is 0 Å². The van der Waals surface area contributed by atoms with E-state index in [1.54, 1.807) is 43.3 Å². The van der Waals surface area contributed by atoms with Gasteiger partial charge in [0.1, 0.15) is 11.5 Å². The Balaban J connectivity index is 1.63. The van der Waals surface area contributed by atoms with Gasteiger partial charge in [0.25, 0.3) is 15.9 Å². The molecule has 1 atom stereocenters. The molecule has 3 aromatic carbocycles. The van der Waals surface area contributed by atoms with Crippen LogP contribution in [-0.2, 0) is 14.8 Å². The molecule has 0 unspecified atom stereocenters. The first-order valence-electron chi connectivity index (χ1n) is 11.1. The fraction of sp³-hybridized carbons (Fsp3) is 0.269. The molecule has 0 aliphatic heterocycles. The van der Waals surface area contributed by atoms with Crippen LogP contribution >= 0.6 is 0 Å². The van der Waals surface area contributed by atoms with Gasteiger partial charge in [0.05, 0.1) is 11.5 Å². The average molecular weight is 483 g/mol. The minimum atomic E-state index is -3.78. The van der Waals surface area contributed by atoms with E-state index in [-0.39, 0.29) is 16.7 Å². The molecule has 3 aromatic rings. The van der Waals surface area contributed by atoms with Crippen LogP contribution < -0.4 is 19.5 Å². The number of ether oxygens (including phenoxy) is 2. The van der Waals surface area contributed by atoms with Crippen LogP contribution in [-0.4, -0.2) is 27.0 Å². The van der Waals surface area contributed by atoms with Crippen molar-refractivity contribution in [3.63, 3.8) is 0 Å². The van der Waals surface area contributed by atoms with Crippen molar-refractivity contribution in [1.82, 2.24) is 0 Å². The van der Waals surface area contributed by atoms with Gasteiger partial charge >= 0.3 is 0 Å². The minimum Gasteiger partial charge on any atom is -0.494 e. The Kier molecular flexibility index (Phi) is 8.17. The van der Waals surface area contributed by atoms with Gasteiger partial charge in [-0.2, -0.15) is 0 Å². The standard InChI is InChI=1S/C26H30N2O5S/c1-5-32-22-14-10-21(11-15-22)28-34(30,31)23-16-12-20(13-17-23)27-26(29)19(4)33-25-9-7-6-8-24(25)18(2)3/h6-19,28H,5H2,1-4H3,(H,27,29)/t19-/m0/s1. The Morgan fingerprint density at radius 1 is 0.882 bits per heavy atom. The third-order valence-electron chi connectivity index (χ3n) is 5.06. The smallest absolute Gasteiger partial charge is 0.265 e. The zero-order chi connectivity index (χ0) is 24.7. The van der Waals surface area contributed by atoms with E-state index in [2.05, 4.69) is 23.9 Å². The molecule has 2 N–H and O–H groups in total. The van der Waals surface area contributed by atoms with Crippen LogP contribution in [0, 0.1) is 0 Å². The Hall–Kier alpha value is -3.52. The van der Waals surface area contributed by atoms with Gasteiger partial charge in [-0.3, -0.25) is 9.52 Å². The highest BCUT2D eigenvalue weighted by molar-refractivity contribution is 7.92. The van der Waals surface area contributed by atoms with Crippen LogP contribution in [0.4, 0.5) is 11.4 Å². The Morgan fingerprint density at radius 2 is 1.50 bits per heavy atom. The molecule has 0 heterocycles. The molecule has 0 radical (unpaired) electrons. The van der Waals surface area contributed by atoms with Gasteiger partial charge in [0, 0.05) is 11.4 Å². The average Bonchev–Trinajstić information content (AvgIpc) is 2.81. The van der Waals surface area contributed by atoms with Gasteiger partial charge in [0.2, 0.25) is 0 Å². The van der Waals surface area contributed by atoms with Crippen LogP contribution in [0.15, 0.2) is 77.7 Å². The minimum absolute atomic E-state index is 0.0783. The molecule has 0 saturated heterocycles. The van der Waals surface area contributed by atoms with Crippen LogP contribution in [0.5, 0.6) is 11.5 Å². The number of hydrogen-bond donors (Lipinski definition) is 2. The number of hydrogen-bond acceptors (Lipinski definition) is 5. The first-order valence-corrected chi connectivity index (χ1v) is 12.6. The van der Waals surface area contributed by atoms with Crippen LogP contribution in [0.25, 0.3) is 0 Å². The molecule has 3 rings (SSSR count). The van der Waals surface area contributed by atoms with E-state index in [0.717, 1.165) is 5.56 Å². The van der Waals surface area contributed by atoms with Gasteiger partial charge in [0.15, 0.2) is 6.10 Å². The number of rotatable bonds is 10. The second-order valence-corrected chi connectivity index (χ2v) is 9.71. The Bertz CT molecular complexity index is 1210. The summed E-state index contributed by atoms with van der Waals surface area (Å²) in [5.41, 5.74) is 1.92. The fourth-order valence-corrected chi connectivity index (χ4v) is 4.33. The second-order valence-electron chi connectivity index (χ2n) is 8.03. The Morgan fingerprint density at radius 3 is 2.12 bits per heavy atom. The third kappa shape index (κ3) is 6.51. The summed E-state index contributed by atoms with van der Waals surface area (Å²) in [4.78, 5) is 12.7. The number of sulfonamides is 1. The summed E-state index contributed by atoms with van der Waals surface area (Å²) in [6.45, 7) is 8.21. The highest BCUT2D eigenvalue weighted by Crippen LogP contribution is 2.27. The van der Waals surface area contributed by atoms with Crippen molar-refractivity contribution in [3.8, 4) is 11.5 Å². The molecule has 0 aromatic heterocycles. The van der Waals surface area contributed by atoms with Crippen molar-refractivity contribution in [2.75, 3.05) is 16.6 Å². The first kappa shape index (κ1) is 25.1. The van der Waals surface area contributed by atoms with Gasteiger partial charge in [-0.1, -0.05) is 32.0 Å². The maximum absolute atomic E-state index is 12.7. The molecule has 0 bridgehead atoms. The van der Waals surface area contributed by atoms with Gasteiger partial charge in [-0.15, -0.1) is 0 Å². The second kappa shape index (κ2) is 11.1. The van der Waals surface area contributed by atoms with Crippen molar-refractivity contribution in [2.45, 2.75) is 44.6 Å². The summed E-state index contributed by atoms with van der Waals surface area (Å²) in [6.07, 6.45) is -0.732. The molecule has 0 saturated carbocycles.